The van der Waals surface area contributed by atoms with Gasteiger partial charge in [0.05, 0.1) is 5.41 Å². The van der Waals surface area contributed by atoms with Crippen LogP contribution in [0.4, 0.5) is 17.1 Å². The van der Waals surface area contributed by atoms with Crippen LogP contribution in [0.2, 0.25) is 0 Å². The molecular weight excluding hydrogens is 723 g/mol. The van der Waals surface area contributed by atoms with Gasteiger partial charge in [-0.25, -0.2) is 0 Å². The van der Waals surface area contributed by atoms with Crippen molar-refractivity contribution in [3.05, 3.63) is 216 Å². The van der Waals surface area contributed by atoms with Gasteiger partial charge in [-0.05, 0) is 124 Å². The smallest absolute Gasteiger partial charge is 0.177 e. The number of nitrogens with zero attached hydrogens (tertiary/aromatic N) is 1. The molecule has 0 bridgehead atoms. The summed E-state index contributed by atoms with van der Waals surface area (Å²) >= 11 is 0. The normalized spacial score (nSPS) is 16.5. The Labute approximate surface area is 341 Å². The molecule has 3 aliphatic carbocycles. The Morgan fingerprint density at radius 1 is 0.458 bits per heavy atom. The molecule has 4 heteroatoms. The van der Waals surface area contributed by atoms with Gasteiger partial charge in [-0.3, -0.25) is 0 Å². The summed E-state index contributed by atoms with van der Waals surface area (Å²) in [6, 6.07) is 62.4. The lowest BCUT2D eigenvalue weighted by atomic mass is 9.69. The van der Waals surface area contributed by atoms with Crippen molar-refractivity contribution in [2.75, 3.05) is 4.90 Å². The summed E-state index contributed by atoms with van der Waals surface area (Å²) in [5.41, 5.74) is 16.9. The van der Waals surface area contributed by atoms with Gasteiger partial charge in [0, 0.05) is 39.5 Å². The van der Waals surface area contributed by atoms with E-state index >= 15 is 0 Å². The lowest BCUT2D eigenvalue weighted by Crippen LogP contribution is -2.27. The minimum atomic E-state index is -0.423. The molecule has 2 heterocycles. The molecule has 59 heavy (non-hydrogen) atoms. The van der Waals surface area contributed by atoms with Gasteiger partial charge in [-0.15, -0.1) is 0 Å². The van der Waals surface area contributed by atoms with Gasteiger partial charge in [0.2, 0.25) is 0 Å². The molecule has 0 radical (unpaired) electrons. The maximum Gasteiger partial charge on any atom is 0.177 e. The molecule has 1 aromatic heterocycles. The van der Waals surface area contributed by atoms with E-state index in [9.17, 15) is 0 Å². The van der Waals surface area contributed by atoms with Crippen molar-refractivity contribution in [3.63, 3.8) is 0 Å². The van der Waals surface area contributed by atoms with E-state index in [2.05, 4.69) is 175 Å². The van der Waals surface area contributed by atoms with Crippen molar-refractivity contribution < 1.29 is 13.9 Å². The maximum atomic E-state index is 7.08. The van der Waals surface area contributed by atoms with Gasteiger partial charge in [-0.1, -0.05) is 121 Å². The minimum absolute atomic E-state index is 0.423. The van der Waals surface area contributed by atoms with Gasteiger partial charge < -0.3 is 18.8 Å². The van der Waals surface area contributed by atoms with Crippen LogP contribution in [-0.4, -0.2) is 0 Å². The Morgan fingerprint density at radius 2 is 1.17 bits per heavy atom. The fourth-order valence-electron chi connectivity index (χ4n) is 10.4. The molecule has 1 unspecified atom stereocenters. The number of para-hydroxylation sites is 3. The molecule has 4 aliphatic rings. The molecule has 0 N–H and O–H groups in total. The zero-order valence-corrected chi connectivity index (χ0v) is 32.0. The molecular formula is C55H35NO3. The zero-order valence-electron chi connectivity index (χ0n) is 32.0. The van der Waals surface area contributed by atoms with E-state index in [1.807, 2.05) is 18.2 Å². The molecule has 0 amide bonds. The second kappa shape index (κ2) is 12.2. The number of allylic oxidation sites excluding steroid dienone is 4. The van der Waals surface area contributed by atoms with Crippen molar-refractivity contribution >= 4 is 44.6 Å². The first-order valence-electron chi connectivity index (χ1n) is 20.4. The van der Waals surface area contributed by atoms with Crippen molar-refractivity contribution in [2.45, 2.75) is 18.3 Å². The van der Waals surface area contributed by atoms with Crippen LogP contribution in [0.1, 0.15) is 35.1 Å². The molecule has 1 atom stereocenters. The number of fused-ring (bicyclic) bond motifs is 14. The van der Waals surface area contributed by atoms with Crippen LogP contribution in [0.15, 0.2) is 198 Å². The predicted molar refractivity (Wildman–Crippen MR) is 237 cm³/mol. The van der Waals surface area contributed by atoms with Crippen molar-refractivity contribution in [1.29, 1.82) is 0 Å². The summed E-state index contributed by atoms with van der Waals surface area (Å²) in [7, 11) is 0. The Hall–Kier alpha value is -7.56. The van der Waals surface area contributed by atoms with Crippen molar-refractivity contribution in [2.24, 2.45) is 0 Å². The molecule has 8 aromatic carbocycles. The minimum Gasteiger partial charge on any atom is -0.456 e. The summed E-state index contributed by atoms with van der Waals surface area (Å²) in [4.78, 5) is 2.28. The average molecular weight is 758 g/mol. The molecule has 0 fully saturated rings. The largest absolute Gasteiger partial charge is 0.456 e. The first-order valence-corrected chi connectivity index (χ1v) is 20.4. The summed E-state index contributed by atoms with van der Waals surface area (Å²) in [5.74, 6) is 2.86. The fraction of sp³-hybridized carbons (Fsp3) is 0.0545. The Kier molecular flexibility index (Phi) is 6.74. The number of hydrogen-bond acceptors (Lipinski definition) is 4. The van der Waals surface area contributed by atoms with Crippen molar-refractivity contribution in [1.82, 2.24) is 0 Å². The van der Waals surface area contributed by atoms with Crippen molar-refractivity contribution in [3.8, 4) is 45.3 Å². The predicted octanol–water partition coefficient (Wildman–Crippen LogP) is 15.1. The molecule has 4 nitrogen and oxygen atoms in total. The van der Waals surface area contributed by atoms with Gasteiger partial charge in [0.25, 0.3) is 0 Å². The number of rotatable bonds is 4. The lowest BCUT2D eigenvalue weighted by Gasteiger charge is -2.33. The molecule has 0 saturated heterocycles. The third-order valence-electron chi connectivity index (χ3n) is 12.8. The number of hydrogen-bond donors (Lipinski definition) is 0. The third kappa shape index (κ3) is 4.54. The second-order valence-corrected chi connectivity index (χ2v) is 15.9. The van der Waals surface area contributed by atoms with Crippen LogP contribution in [0.5, 0.6) is 23.0 Å². The van der Waals surface area contributed by atoms with E-state index in [0.717, 1.165) is 74.5 Å². The van der Waals surface area contributed by atoms with Gasteiger partial charge in [-0.2, -0.15) is 0 Å². The second-order valence-electron chi connectivity index (χ2n) is 15.9. The highest BCUT2D eigenvalue weighted by atomic mass is 16.6. The highest BCUT2D eigenvalue weighted by Crippen LogP contribution is 2.65. The SMILES string of the molecule is C1=CC2=C(CC1)c1ccccc1C21c2ccccc2-c2cc3c(cc21)Oc1c(cccc1-c1cccc(N(c2ccccc2)c2ccc4c(c2)oc2ccccc24)c1)O3. The van der Waals surface area contributed by atoms with Crippen LogP contribution >= 0.6 is 0 Å². The summed E-state index contributed by atoms with van der Waals surface area (Å²) in [6.07, 6.45) is 6.82. The number of benzene rings is 8. The van der Waals surface area contributed by atoms with E-state index in [-0.39, 0.29) is 0 Å². The monoisotopic (exact) mass is 757 g/mol. The fourth-order valence-corrected chi connectivity index (χ4v) is 10.4. The van der Waals surface area contributed by atoms with E-state index in [1.54, 1.807) is 0 Å². The summed E-state index contributed by atoms with van der Waals surface area (Å²) < 4.78 is 20.2. The molecule has 1 spiro atoms. The van der Waals surface area contributed by atoms with Gasteiger partial charge in [0.1, 0.15) is 11.2 Å². The Balaban J connectivity index is 0.937. The van der Waals surface area contributed by atoms with E-state index in [1.165, 1.54) is 44.5 Å². The number of furan rings is 1. The topological polar surface area (TPSA) is 34.8 Å². The molecule has 0 saturated carbocycles. The summed E-state index contributed by atoms with van der Waals surface area (Å²) in [6.45, 7) is 0. The van der Waals surface area contributed by atoms with Gasteiger partial charge >= 0.3 is 0 Å². The summed E-state index contributed by atoms with van der Waals surface area (Å²) in [5, 5.41) is 2.22. The van der Waals surface area contributed by atoms with Crippen LogP contribution in [0.25, 0.3) is 49.8 Å². The molecule has 278 valence electrons. The quantitative estimate of drug-likeness (QED) is 0.179. The average Bonchev–Trinajstić information content (AvgIpc) is 3.91. The first-order chi connectivity index (χ1) is 29.2. The molecule has 9 aromatic rings. The number of ether oxygens (including phenoxy) is 2. The van der Waals surface area contributed by atoms with E-state index in [4.69, 9.17) is 13.9 Å². The third-order valence-corrected chi connectivity index (χ3v) is 12.8. The molecule has 1 aliphatic heterocycles. The molecule has 13 rings (SSSR count). The standard InChI is InChI=1S/C55H35NO3/c1-2-15-35(16-3-1)56(37-28-29-43-42-21-7-11-26-49(42)57-51(43)31-37)36-17-12-14-34(30-36)38-22-13-27-50-54(38)59-53-33-48-44(32-52(53)58-50)41-20-6-10-25-47(41)55(48)45-23-8-4-18-39(45)40-19-5-9-24-46(40)55/h1-4,6-18,20-33H,5,19H2. The lowest BCUT2D eigenvalue weighted by molar-refractivity contribution is 0.360. The highest BCUT2D eigenvalue weighted by molar-refractivity contribution is 6.06. The van der Waals surface area contributed by atoms with Gasteiger partial charge in [0.15, 0.2) is 23.0 Å². The Bertz CT molecular complexity index is 3300. The van der Waals surface area contributed by atoms with Crippen LogP contribution in [0, 0.1) is 0 Å². The number of anilines is 3. The first kappa shape index (κ1) is 32.5. The zero-order chi connectivity index (χ0) is 38.7. The van der Waals surface area contributed by atoms with E-state index < -0.39 is 5.41 Å². The van der Waals surface area contributed by atoms with E-state index in [0.29, 0.717) is 11.5 Å². The highest BCUT2D eigenvalue weighted by Gasteiger charge is 2.53. The Morgan fingerprint density at radius 3 is 2.08 bits per heavy atom. The van der Waals surface area contributed by atoms with Crippen LogP contribution in [-0.2, 0) is 5.41 Å². The van der Waals surface area contributed by atoms with Crippen LogP contribution < -0.4 is 14.4 Å². The van der Waals surface area contributed by atoms with Crippen LogP contribution in [0.3, 0.4) is 0 Å². The maximum absolute atomic E-state index is 7.08.